The summed E-state index contributed by atoms with van der Waals surface area (Å²) in [6.45, 7) is 3.65. The molecule has 3 nitrogen and oxygen atoms in total. The van der Waals surface area contributed by atoms with Crippen molar-refractivity contribution in [1.82, 2.24) is 4.98 Å². The second-order valence-corrected chi connectivity index (χ2v) is 5.65. The standard InChI is InChI=1S/C14H20N2O/c1-14(17)8-3-9-16(10-14)13-7-6-11-4-2-5-12(11)15-13/h6-7,17H,2-5,8-10H2,1H3. The van der Waals surface area contributed by atoms with Crippen molar-refractivity contribution in [3.63, 3.8) is 0 Å². The third kappa shape index (κ3) is 2.16. The summed E-state index contributed by atoms with van der Waals surface area (Å²) in [5, 5.41) is 10.1. The van der Waals surface area contributed by atoms with Crippen molar-refractivity contribution in [2.45, 2.75) is 44.6 Å². The Hall–Kier alpha value is -1.09. The van der Waals surface area contributed by atoms with Crippen LogP contribution in [0.3, 0.4) is 0 Å². The van der Waals surface area contributed by atoms with Gasteiger partial charge in [0, 0.05) is 18.8 Å². The Bertz CT molecular complexity index is 428. The SMILES string of the molecule is CC1(O)CCCN(c2ccc3c(n2)CCC3)C1. The lowest BCUT2D eigenvalue weighted by atomic mass is 9.95. The average Bonchev–Trinajstić information content (AvgIpc) is 2.74. The summed E-state index contributed by atoms with van der Waals surface area (Å²) < 4.78 is 0. The van der Waals surface area contributed by atoms with Gasteiger partial charge in [-0.3, -0.25) is 0 Å². The van der Waals surface area contributed by atoms with Crippen LogP contribution in [0.15, 0.2) is 12.1 Å². The molecule has 1 fully saturated rings. The van der Waals surface area contributed by atoms with Crippen molar-refractivity contribution in [2.75, 3.05) is 18.0 Å². The molecule has 0 amide bonds. The summed E-state index contributed by atoms with van der Waals surface area (Å²) in [4.78, 5) is 6.98. The van der Waals surface area contributed by atoms with Crippen LogP contribution in [0, 0.1) is 0 Å². The van der Waals surface area contributed by atoms with Gasteiger partial charge in [-0.15, -0.1) is 0 Å². The first-order valence-electron chi connectivity index (χ1n) is 6.60. The summed E-state index contributed by atoms with van der Waals surface area (Å²) in [6, 6.07) is 4.33. The van der Waals surface area contributed by atoms with Gasteiger partial charge in [-0.05, 0) is 50.7 Å². The maximum atomic E-state index is 10.1. The maximum absolute atomic E-state index is 10.1. The molecule has 3 heteroatoms. The third-order valence-electron chi connectivity index (χ3n) is 3.91. The monoisotopic (exact) mass is 232 g/mol. The number of piperidine rings is 1. The van der Waals surface area contributed by atoms with Gasteiger partial charge in [0.15, 0.2) is 0 Å². The van der Waals surface area contributed by atoms with Gasteiger partial charge >= 0.3 is 0 Å². The fourth-order valence-corrected chi connectivity index (χ4v) is 3.00. The van der Waals surface area contributed by atoms with Crippen molar-refractivity contribution >= 4 is 5.82 Å². The predicted molar refractivity (Wildman–Crippen MR) is 68.3 cm³/mol. The Labute approximate surface area is 102 Å². The summed E-state index contributed by atoms with van der Waals surface area (Å²) >= 11 is 0. The van der Waals surface area contributed by atoms with Crippen LogP contribution in [0.5, 0.6) is 0 Å². The van der Waals surface area contributed by atoms with Crippen LogP contribution in [-0.2, 0) is 12.8 Å². The molecule has 1 unspecified atom stereocenters. The summed E-state index contributed by atoms with van der Waals surface area (Å²) in [5.74, 6) is 1.05. The number of β-amino-alcohol motifs (C(OH)–C–C–N with tert-alkyl or cyclic N) is 1. The van der Waals surface area contributed by atoms with Crippen LogP contribution < -0.4 is 4.90 Å². The van der Waals surface area contributed by atoms with Crippen LogP contribution in [0.25, 0.3) is 0 Å². The first-order valence-corrected chi connectivity index (χ1v) is 6.60. The molecule has 0 spiro atoms. The molecule has 0 bridgehead atoms. The highest BCUT2D eigenvalue weighted by atomic mass is 16.3. The molecule has 1 aromatic heterocycles. The Morgan fingerprint density at radius 2 is 2.18 bits per heavy atom. The zero-order valence-electron chi connectivity index (χ0n) is 10.4. The van der Waals surface area contributed by atoms with Crippen molar-refractivity contribution < 1.29 is 5.11 Å². The molecule has 0 aromatic carbocycles. The minimum atomic E-state index is -0.557. The van der Waals surface area contributed by atoms with E-state index in [4.69, 9.17) is 4.98 Å². The van der Waals surface area contributed by atoms with Gasteiger partial charge in [0.25, 0.3) is 0 Å². The second-order valence-electron chi connectivity index (χ2n) is 5.65. The molecule has 17 heavy (non-hydrogen) atoms. The molecular weight excluding hydrogens is 212 g/mol. The topological polar surface area (TPSA) is 36.4 Å². The lowest BCUT2D eigenvalue weighted by Crippen LogP contribution is -2.46. The van der Waals surface area contributed by atoms with Crippen molar-refractivity contribution in [3.8, 4) is 0 Å². The first-order chi connectivity index (χ1) is 8.14. The van der Waals surface area contributed by atoms with E-state index in [2.05, 4.69) is 17.0 Å². The van der Waals surface area contributed by atoms with E-state index in [1.807, 2.05) is 6.92 Å². The van der Waals surface area contributed by atoms with E-state index in [1.54, 1.807) is 0 Å². The molecule has 3 rings (SSSR count). The lowest BCUT2D eigenvalue weighted by Gasteiger charge is -2.37. The predicted octanol–water partition coefficient (Wildman–Crippen LogP) is 1.92. The molecule has 92 valence electrons. The van der Waals surface area contributed by atoms with Crippen LogP contribution >= 0.6 is 0 Å². The summed E-state index contributed by atoms with van der Waals surface area (Å²) in [6.07, 6.45) is 5.48. The Kier molecular flexibility index (Phi) is 2.58. The van der Waals surface area contributed by atoms with Crippen LogP contribution in [0.4, 0.5) is 5.82 Å². The summed E-state index contributed by atoms with van der Waals surface area (Å²) in [5.41, 5.74) is 2.13. The largest absolute Gasteiger partial charge is 0.388 e. The van der Waals surface area contributed by atoms with Gasteiger partial charge in [-0.1, -0.05) is 6.07 Å². The number of pyridine rings is 1. The van der Waals surface area contributed by atoms with Gasteiger partial charge in [0.05, 0.1) is 5.60 Å². The second kappa shape index (κ2) is 3.98. The average molecular weight is 232 g/mol. The quantitative estimate of drug-likeness (QED) is 0.803. The van der Waals surface area contributed by atoms with Gasteiger partial charge < -0.3 is 10.0 Å². The van der Waals surface area contributed by atoms with Crippen molar-refractivity contribution in [3.05, 3.63) is 23.4 Å². The van der Waals surface area contributed by atoms with E-state index in [0.29, 0.717) is 6.54 Å². The van der Waals surface area contributed by atoms with E-state index >= 15 is 0 Å². The van der Waals surface area contributed by atoms with E-state index < -0.39 is 5.60 Å². The Morgan fingerprint density at radius 3 is 3.00 bits per heavy atom. The number of anilines is 1. The van der Waals surface area contributed by atoms with E-state index in [-0.39, 0.29) is 0 Å². The van der Waals surface area contributed by atoms with Crippen molar-refractivity contribution in [1.29, 1.82) is 0 Å². The molecule has 1 aliphatic heterocycles. The fraction of sp³-hybridized carbons (Fsp3) is 0.643. The number of aliphatic hydroxyl groups is 1. The number of rotatable bonds is 1. The molecule has 1 aromatic rings. The van der Waals surface area contributed by atoms with Gasteiger partial charge in [-0.25, -0.2) is 4.98 Å². The molecular formula is C14H20N2O. The smallest absolute Gasteiger partial charge is 0.128 e. The Morgan fingerprint density at radius 1 is 1.29 bits per heavy atom. The molecule has 2 heterocycles. The van der Waals surface area contributed by atoms with Gasteiger partial charge in [0.2, 0.25) is 0 Å². The number of fused-ring (bicyclic) bond motifs is 1. The molecule has 0 saturated carbocycles. The van der Waals surface area contributed by atoms with Crippen molar-refractivity contribution in [2.24, 2.45) is 0 Å². The number of aryl methyl sites for hydroxylation is 2. The molecule has 1 saturated heterocycles. The highest BCUT2D eigenvalue weighted by Gasteiger charge is 2.29. The highest BCUT2D eigenvalue weighted by molar-refractivity contribution is 5.44. The summed E-state index contributed by atoms with van der Waals surface area (Å²) in [7, 11) is 0. The zero-order chi connectivity index (χ0) is 11.9. The van der Waals surface area contributed by atoms with Crippen LogP contribution in [0.1, 0.15) is 37.4 Å². The molecule has 0 radical (unpaired) electrons. The van der Waals surface area contributed by atoms with E-state index in [0.717, 1.165) is 31.6 Å². The van der Waals surface area contributed by atoms with Crippen LogP contribution in [-0.4, -0.2) is 28.8 Å². The minimum Gasteiger partial charge on any atom is -0.388 e. The number of aromatic nitrogens is 1. The minimum absolute atomic E-state index is 0.557. The Balaban J connectivity index is 1.84. The zero-order valence-corrected chi connectivity index (χ0v) is 10.4. The van der Waals surface area contributed by atoms with Gasteiger partial charge in [-0.2, -0.15) is 0 Å². The number of hydrogen-bond donors (Lipinski definition) is 1. The maximum Gasteiger partial charge on any atom is 0.128 e. The lowest BCUT2D eigenvalue weighted by molar-refractivity contribution is 0.0447. The number of nitrogens with zero attached hydrogens (tertiary/aromatic N) is 2. The molecule has 1 aliphatic carbocycles. The van der Waals surface area contributed by atoms with E-state index in [9.17, 15) is 5.11 Å². The number of hydrogen-bond acceptors (Lipinski definition) is 3. The molecule has 2 aliphatic rings. The normalized spacial score (nSPS) is 28.2. The van der Waals surface area contributed by atoms with Gasteiger partial charge in [0.1, 0.15) is 5.82 Å². The molecule has 1 N–H and O–H groups in total. The third-order valence-corrected chi connectivity index (χ3v) is 3.91. The highest BCUT2D eigenvalue weighted by Crippen LogP contribution is 2.27. The van der Waals surface area contributed by atoms with Crippen LogP contribution in [0.2, 0.25) is 0 Å². The van der Waals surface area contributed by atoms with E-state index in [1.165, 1.54) is 24.1 Å². The first kappa shape index (κ1) is 11.0. The molecule has 1 atom stereocenters. The fourth-order valence-electron chi connectivity index (χ4n) is 3.00.